The molecule has 0 spiro atoms. The Labute approximate surface area is 289 Å². The van der Waals surface area contributed by atoms with Gasteiger partial charge in [-0.1, -0.05) is 110 Å². The molecule has 2 aromatic carbocycles. The highest BCUT2D eigenvalue weighted by atomic mass is 16.2. The van der Waals surface area contributed by atoms with Gasteiger partial charge >= 0.3 is 0 Å². The van der Waals surface area contributed by atoms with Crippen molar-refractivity contribution < 1.29 is 4.79 Å². The Hall–Kier alpha value is -2.98. The molecule has 4 rings (SSSR count). The second-order valence-corrected chi connectivity index (χ2v) is 13.0. The molecule has 1 aliphatic rings. The van der Waals surface area contributed by atoms with Gasteiger partial charge in [0.15, 0.2) is 0 Å². The molecule has 0 saturated carbocycles. The van der Waals surface area contributed by atoms with Gasteiger partial charge in [0.05, 0.1) is 0 Å². The van der Waals surface area contributed by atoms with E-state index in [4.69, 9.17) is 0 Å². The molecular formula is C43H67N3O. The van der Waals surface area contributed by atoms with E-state index >= 15 is 0 Å². The van der Waals surface area contributed by atoms with Gasteiger partial charge in [0.1, 0.15) is 5.69 Å². The molecule has 0 radical (unpaired) electrons. The maximum absolute atomic E-state index is 13.2. The number of nitrogens with zero attached hydrogens (tertiary/aromatic N) is 3. The number of amides is 1. The molecule has 1 aliphatic heterocycles. The standard InChI is InChI=1S/C36H49N3O.C5H12.C2H6/c1-5-21-38(22-6-2)23-9-8-10-31-19-20-37-35(25-31)36(40)39-26-34(27-39)33-18-17-32(28(4)24-33)16-15-30-13-11-29(7-3)12-14-30;1-3-5-4-2;1-2/h11-14,17-20,24-25,34H,5-10,15-16,21-23,26-27H2,1-4H3;3-5H2,1-2H3;1-2H3. The second kappa shape index (κ2) is 23.4. The zero-order valence-corrected chi connectivity index (χ0v) is 31.4. The zero-order chi connectivity index (χ0) is 34.4. The number of aromatic nitrogens is 1. The summed E-state index contributed by atoms with van der Waals surface area (Å²) < 4.78 is 0. The Balaban J connectivity index is 0.00000100. The number of benzene rings is 2. The number of unbranched alkanes of at least 4 members (excludes halogenated alkanes) is 3. The number of pyridine rings is 1. The number of aryl methyl sites for hydroxylation is 5. The number of rotatable bonds is 17. The summed E-state index contributed by atoms with van der Waals surface area (Å²) in [5, 5.41) is 0. The van der Waals surface area contributed by atoms with Crippen molar-refractivity contribution in [2.24, 2.45) is 0 Å². The van der Waals surface area contributed by atoms with Crippen LogP contribution in [-0.4, -0.2) is 53.4 Å². The first-order chi connectivity index (χ1) is 22.9. The molecule has 0 unspecified atom stereocenters. The van der Waals surface area contributed by atoms with Crippen LogP contribution in [0.25, 0.3) is 0 Å². The molecule has 4 heteroatoms. The Morgan fingerprint density at radius 3 is 1.96 bits per heavy atom. The van der Waals surface area contributed by atoms with Gasteiger partial charge in [0.25, 0.3) is 5.91 Å². The van der Waals surface area contributed by atoms with Gasteiger partial charge in [-0.2, -0.15) is 0 Å². The first kappa shape index (κ1) is 40.2. The van der Waals surface area contributed by atoms with Crippen molar-refractivity contribution in [2.75, 3.05) is 32.7 Å². The molecule has 1 amide bonds. The van der Waals surface area contributed by atoms with Crippen molar-refractivity contribution in [2.45, 2.75) is 132 Å². The van der Waals surface area contributed by atoms with Crippen LogP contribution < -0.4 is 0 Å². The summed E-state index contributed by atoms with van der Waals surface area (Å²) in [5.74, 6) is 0.480. The molecule has 1 aromatic heterocycles. The first-order valence-electron chi connectivity index (χ1n) is 19.1. The predicted octanol–water partition coefficient (Wildman–Crippen LogP) is 10.6. The molecular weight excluding hydrogens is 574 g/mol. The Bertz CT molecular complexity index is 1250. The van der Waals surface area contributed by atoms with Crippen molar-refractivity contribution in [1.29, 1.82) is 0 Å². The molecule has 0 aliphatic carbocycles. The van der Waals surface area contributed by atoms with E-state index in [1.54, 1.807) is 6.20 Å². The van der Waals surface area contributed by atoms with Gasteiger partial charge in [-0.3, -0.25) is 9.78 Å². The van der Waals surface area contributed by atoms with E-state index in [9.17, 15) is 4.79 Å². The fraction of sp³-hybridized carbons (Fsp3) is 0.581. The van der Waals surface area contributed by atoms with E-state index in [1.807, 2.05) is 24.8 Å². The van der Waals surface area contributed by atoms with E-state index in [0.717, 1.165) is 45.2 Å². The number of carbonyl (C=O) groups excluding carboxylic acids is 1. The normalized spacial score (nSPS) is 12.6. The highest BCUT2D eigenvalue weighted by molar-refractivity contribution is 5.93. The molecule has 1 saturated heterocycles. The van der Waals surface area contributed by atoms with E-state index < -0.39 is 0 Å². The van der Waals surface area contributed by atoms with Crippen LogP contribution in [0.15, 0.2) is 60.8 Å². The van der Waals surface area contributed by atoms with Crippen LogP contribution >= 0.6 is 0 Å². The molecule has 47 heavy (non-hydrogen) atoms. The van der Waals surface area contributed by atoms with E-state index in [2.05, 4.69) is 100.0 Å². The summed E-state index contributed by atoms with van der Waals surface area (Å²) >= 11 is 0. The third kappa shape index (κ3) is 14.0. The van der Waals surface area contributed by atoms with Crippen LogP contribution in [0.2, 0.25) is 0 Å². The lowest BCUT2D eigenvalue weighted by Gasteiger charge is -2.39. The molecule has 0 N–H and O–H groups in total. The lowest BCUT2D eigenvalue weighted by Crippen LogP contribution is -2.48. The van der Waals surface area contributed by atoms with Crippen molar-refractivity contribution >= 4 is 5.91 Å². The third-order valence-electron chi connectivity index (χ3n) is 9.14. The van der Waals surface area contributed by atoms with Crippen molar-refractivity contribution in [3.8, 4) is 0 Å². The highest BCUT2D eigenvalue weighted by Gasteiger charge is 2.33. The highest BCUT2D eigenvalue weighted by Crippen LogP contribution is 2.30. The van der Waals surface area contributed by atoms with Gasteiger partial charge < -0.3 is 9.80 Å². The minimum Gasteiger partial charge on any atom is -0.336 e. The quantitative estimate of drug-likeness (QED) is 0.138. The SMILES string of the molecule is CC.CCCCC.CCCN(CCC)CCCCc1ccnc(C(=O)N2CC(c3ccc(CCc4ccc(CC)cc4)c(C)c3)C2)c1. The second-order valence-electron chi connectivity index (χ2n) is 13.0. The largest absolute Gasteiger partial charge is 0.336 e. The van der Waals surface area contributed by atoms with E-state index in [-0.39, 0.29) is 5.91 Å². The molecule has 1 fully saturated rings. The first-order valence-corrected chi connectivity index (χ1v) is 19.1. The van der Waals surface area contributed by atoms with Gasteiger partial charge in [0.2, 0.25) is 0 Å². The van der Waals surface area contributed by atoms with Crippen molar-refractivity contribution in [1.82, 2.24) is 14.8 Å². The molecule has 0 atom stereocenters. The number of carbonyl (C=O) groups is 1. The van der Waals surface area contributed by atoms with Crippen LogP contribution in [0.3, 0.4) is 0 Å². The summed E-state index contributed by atoms with van der Waals surface area (Å²) in [5.41, 5.74) is 8.73. The smallest absolute Gasteiger partial charge is 0.272 e. The minimum absolute atomic E-state index is 0.0672. The van der Waals surface area contributed by atoms with Gasteiger partial charge in [-0.25, -0.2) is 0 Å². The third-order valence-corrected chi connectivity index (χ3v) is 9.14. The number of hydrogen-bond acceptors (Lipinski definition) is 3. The Morgan fingerprint density at radius 2 is 1.38 bits per heavy atom. The van der Waals surface area contributed by atoms with E-state index in [0.29, 0.717) is 11.6 Å². The summed E-state index contributed by atoms with van der Waals surface area (Å²) in [6, 6.07) is 20.0. The molecule has 0 bridgehead atoms. The number of hydrogen-bond donors (Lipinski definition) is 0. The predicted molar refractivity (Wildman–Crippen MR) is 204 cm³/mol. The van der Waals surface area contributed by atoms with Gasteiger partial charge in [-0.15, -0.1) is 0 Å². The van der Waals surface area contributed by atoms with Gasteiger partial charge in [0, 0.05) is 25.2 Å². The fourth-order valence-electron chi connectivity index (χ4n) is 6.22. The zero-order valence-electron chi connectivity index (χ0n) is 31.4. The lowest BCUT2D eigenvalue weighted by atomic mass is 9.88. The summed E-state index contributed by atoms with van der Waals surface area (Å²) in [6.07, 6.45) is 14.9. The maximum atomic E-state index is 13.2. The van der Waals surface area contributed by atoms with Crippen LogP contribution in [-0.2, 0) is 25.7 Å². The monoisotopic (exact) mass is 642 g/mol. The van der Waals surface area contributed by atoms with Gasteiger partial charge in [-0.05, 0) is 123 Å². The maximum Gasteiger partial charge on any atom is 0.272 e. The van der Waals surface area contributed by atoms with Crippen LogP contribution in [0.4, 0.5) is 0 Å². The van der Waals surface area contributed by atoms with Crippen LogP contribution in [0.5, 0.6) is 0 Å². The molecule has 4 nitrogen and oxygen atoms in total. The topological polar surface area (TPSA) is 36.4 Å². The molecule has 260 valence electrons. The summed E-state index contributed by atoms with van der Waals surface area (Å²) in [7, 11) is 0. The van der Waals surface area contributed by atoms with E-state index in [1.165, 1.54) is 91.5 Å². The average Bonchev–Trinajstić information content (AvgIpc) is 3.07. The van der Waals surface area contributed by atoms with Crippen molar-refractivity contribution in [3.63, 3.8) is 0 Å². The molecule has 3 aromatic rings. The minimum atomic E-state index is 0.0672. The summed E-state index contributed by atoms with van der Waals surface area (Å²) in [4.78, 5) is 22.1. The number of likely N-dealkylation sites (tertiary alicyclic amines) is 1. The van der Waals surface area contributed by atoms with Crippen LogP contribution in [0, 0.1) is 6.92 Å². The fourth-order valence-corrected chi connectivity index (χ4v) is 6.22. The Kier molecular flexibility index (Phi) is 20.0. The lowest BCUT2D eigenvalue weighted by molar-refractivity contribution is 0.0596. The van der Waals surface area contributed by atoms with Crippen molar-refractivity contribution in [3.05, 3.63) is 99.9 Å². The summed E-state index contributed by atoms with van der Waals surface area (Å²) in [6.45, 7) is 22.5. The Morgan fingerprint density at radius 1 is 0.723 bits per heavy atom. The molecule has 2 heterocycles. The average molecular weight is 642 g/mol. The van der Waals surface area contributed by atoms with Crippen LogP contribution in [0.1, 0.15) is 143 Å².